The summed E-state index contributed by atoms with van der Waals surface area (Å²) >= 11 is 0. The summed E-state index contributed by atoms with van der Waals surface area (Å²) < 4.78 is 6.66. The number of hydrazine groups is 1. The van der Waals surface area contributed by atoms with E-state index in [0.717, 1.165) is 0 Å². The standard InChI is InChI=1S/C10H16N8O/c1-7(19-2)6-12-8-14-9(17-11)16-10(15-8)18-5-3-4-13-18/h3-5,7H,6,11H2,1-2H3,(H2,12,14,15,16,17). The second-order valence-electron chi connectivity index (χ2n) is 3.80. The zero-order chi connectivity index (χ0) is 13.7. The van der Waals surface area contributed by atoms with Crippen LogP contribution in [0.25, 0.3) is 5.95 Å². The summed E-state index contributed by atoms with van der Waals surface area (Å²) in [5, 5.41) is 7.11. The molecular weight excluding hydrogens is 248 g/mol. The molecule has 2 aromatic rings. The van der Waals surface area contributed by atoms with Crippen LogP contribution in [0.2, 0.25) is 0 Å². The van der Waals surface area contributed by atoms with Crippen LogP contribution in [0.3, 0.4) is 0 Å². The maximum Gasteiger partial charge on any atom is 0.257 e. The molecule has 1 atom stereocenters. The van der Waals surface area contributed by atoms with Gasteiger partial charge in [0.1, 0.15) is 0 Å². The summed E-state index contributed by atoms with van der Waals surface area (Å²) in [4.78, 5) is 12.5. The number of ether oxygens (including phenoxy) is 1. The van der Waals surface area contributed by atoms with E-state index in [0.29, 0.717) is 18.4 Å². The molecule has 0 amide bonds. The Bertz CT molecular complexity index is 514. The van der Waals surface area contributed by atoms with Crippen molar-refractivity contribution in [3.05, 3.63) is 18.5 Å². The highest BCUT2D eigenvalue weighted by Gasteiger charge is 2.08. The van der Waals surface area contributed by atoms with E-state index < -0.39 is 0 Å². The van der Waals surface area contributed by atoms with Crippen molar-refractivity contribution < 1.29 is 4.74 Å². The minimum absolute atomic E-state index is 0.0409. The first-order valence-corrected chi connectivity index (χ1v) is 5.72. The molecule has 0 aromatic carbocycles. The molecular formula is C10H16N8O. The number of nitrogens with one attached hydrogen (secondary N) is 2. The number of nitrogens with two attached hydrogens (primary N) is 1. The predicted molar refractivity (Wildman–Crippen MR) is 69.7 cm³/mol. The molecule has 19 heavy (non-hydrogen) atoms. The van der Waals surface area contributed by atoms with E-state index in [1.165, 1.54) is 4.68 Å². The molecule has 0 saturated heterocycles. The Morgan fingerprint density at radius 1 is 1.37 bits per heavy atom. The Hall–Kier alpha value is -2.26. The minimum Gasteiger partial charge on any atom is -0.380 e. The van der Waals surface area contributed by atoms with Gasteiger partial charge in [0, 0.05) is 26.0 Å². The fraction of sp³-hybridized carbons (Fsp3) is 0.400. The predicted octanol–water partition coefficient (Wildman–Crippen LogP) is -0.210. The van der Waals surface area contributed by atoms with Gasteiger partial charge >= 0.3 is 0 Å². The number of nitrogens with zero attached hydrogens (tertiary/aromatic N) is 5. The number of rotatable bonds is 6. The lowest BCUT2D eigenvalue weighted by molar-refractivity contribution is 0.128. The Balaban J connectivity index is 2.21. The van der Waals surface area contributed by atoms with Crippen molar-refractivity contribution in [3.63, 3.8) is 0 Å². The van der Waals surface area contributed by atoms with Crippen LogP contribution >= 0.6 is 0 Å². The average molecular weight is 264 g/mol. The van der Waals surface area contributed by atoms with Gasteiger partial charge < -0.3 is 10.1 Å². The third-order valence-electron chi connectivity index (χ3n) is 2.41. The molecule has 0 spiro atoms. The first-order valence-electron chi connectivity index (χ1n) is 5.72. The van der Waals surface area contributed by atoms with Crippen molar-refractivity contribution in [3.8, 4) is 5.95 Å². The average Bonchev–Trinajstić information content (AvgIpc) is 2.98. The van der Waals surface area contributed by atoms with Gasteiger partial charge in [-0.25, -0.2) is 10.5 Å². The topological polar surface area (TPSA) is 116 Å². The Morgan fingerprint density at radius 2 is 2.16 bits per heavy atom. The summed E-state index contributed by atoms with van der Waals surface area (Å²) in [6, 6.07) is 1.78. The summed E-state index contributed by atoms with van der Waals surface area (Å²) in [5.41, 5.74) is 2.40. The van der Waals surface area contributed by atoms with Gasteiger partial charge in [-0.2, -0.15) is 20.1 Å². The van der Waals surface area contributed by atoms with Crippen LogP contribution in [0.5, 0.6) is 0 Å². The third kappa shape index (κ3) is 3.36. The molecule has 4 N–H and O–H groups in total. The molecule has 0 fully saturated rings. The summed E-state index contributed by atoms with van der Waals surface area (Å²) in [7, 11) is 1.64. The summed E-state index contributed by atoms with van der Waals surface area (Å²) in [6.07, 6.45) is 3.41. The van der Waals surface area contributed by atoms with E-state index in [9.17, 15) is 0 Å². The molecule has 9 heteroatoms. The lowest BCUT2D eigenvalue weighted by Crippen LogP contribution is -2.21. The van der Waals surface area contributed by atoms with Gasteiger partial charge in [0.25, 0.3) is 5.95 Å². The van der Waals surface area contributed by atoms with E-state index in [1.54, 1.807) is 25.6 Å². The van der Waals surface area contributed by atoms with Gasteiger partial charge in [0.2, 0.25) is 11.9 Å². The van der Waals surface area contributed by atoms with Gasteiger partial charge in [-0.15, -0.1) is 0 Å². The van der Waals surface area contributed by atoms with Gasteiger partial charge in [0.05, 0.1) is 6.10 Å². The second-order valence-corrected chi connectivity index (χ2v) is 3.80. The van der Waals surface area contributed by atoms with Crippen molar-refractivity contribution in [2.75, 3.05) is 24.4 Å². The Morgan fingerprint density at radius 3 is 2.79 bits per heavy atom. The molecule has 2 heterocycles. The van der Waals surface area contributed by atoms with Crippen molar-refractivity contribution in [1.82, 2.24) is 24.7 Å². The molecule has 0 aliphatic carbocycles. The van der Waals surface area contributed by atoms with Crippen LogP contribution in [-0.4, -0.2) is 44.5 Å². The van der Waals surface area contributed by atoms with E-state index in [1.807, 2.05) is 6.92 Å². The fourth-order valence-electron chi connectivity index (χ4n) is 1.32. The largest absolute Gasteiger partial charge is 0.380 e. The maximum absolute atomic E-state index is 5.34. The van der Waals surface area contributed by atoms with Crippen LogP contribution in [0.1, 0.15) is 6.92 Å². The summed E-state index contributed by atoms with van der Waals surface area (Å²) in [5.74, 6) is 6.37. The first-order chi connectivity index (χ1) is 9.22. The number of hydrogen-bond acceptors (Lipinski definition) is 8. The number of anilines is 2. The van der Waals surface area contributed by atoms with Crippen LogP contribution in [0, 0.1) is 0 Å². The molecule has 0 aliphatic heterocycles. The van der Waals surface area contributed by atoms with Gasteiger partial charge in [-0.1, -0.05) is 0 Å². The molecule has 0 radical (unpaired) electrons. The normalized spacial score (nSPS) is 12.2. The van der Waals surface area contributed by atoms with Crippen molar-refractivity contribution in [1.29, 1.82) is 0 Å². The molecule has 9 nitrogen and oxygen atoms in total. The Labute approximate surface area is 110 Å². The van der Waals surface area contributed by atoms with Crippen LogP contribution in [-0.2, 0) is 4.74 Å². The monoisotopic (exact) mass is 264 g/mol. The lowest BCUT2D eigenvalue weighted by atomic mass is 10.4. The number of nitrogen functional groups attached to an aromatic ring is 1. The zero-order valence-corrected chi connectivity index (χ0v) is 10.7. The first kappa shape index (κ1) is 13.2. The number of methoxy groups -OCH3 is 1. The van der Waals surface area contributed by atoms with Crippen LogP contribution in [0.4, 0.5) is 11.9 Å². The highest BCUT2D eigenvalue weighted by molar-refractivity contribution is 5.36. The molecule has 0 bridgehead atoms. The van der Waals surface area contributed by atoms with Crippen LogP contribution in [0.15, 0.2) is 18.5 Å². The molecule has 1 unspecified atom stereocenters. The van der Waals surface area contributed by atoms with Crippen molar-refractivity contribution in [2.45, 2.75) is 13.0 Å². The maximum atomic E-state index is 5.34. The van der Waals surface area contributed by atoms with E-state index in [4.69, 9.17) is 10.6 Å². The SMILES string of the molecule is COC(C)CNc1nc(NN)nc(-n2cccn2)n1. The van der Waals surface area contributed by atoms with Crippen molar-refractivity contribution >= 4 is 11.9 Å². The van der Waals surface area contributed by atoms with Gasteiger partial charge in [-0.05, 0) is 13.0 Å². The van der Waals surface area contributed by atoms with E-state index >= 15 is 0 Å². The molecule has 0 aliphatic rings. The number of hydrogen-bond donors (Lipinski definition) is 3. The molecule has 2 rings (SSSR count). The van der Waals surface area contributed by atoms with Crippen LogP contribution < -0.4 is 16.6 Å². The van der Waals surface area contributed by atoms with Crippen molar-refractivity contribution in [2.24, 2.45) is 5.84 Å². The Kier molecular flexibility index (Phi) is 4.21. The third-order valence-corrected chi connectivity index (χ3v) is 2.41. The number of aromatic nitrogens is 5. The van der Waals surface area contributed by atoms with Gasteiger partial charge in [0.15, 0.2) is 0 Å². The molecule has 2 aromatic heterocycles. The molecule has 0 saturated carbocycles. The highest BCUT2D eigenvalue weighted by atomic mass is 16.5. The zero-order valence-electron chi connectivity index (χ0n) is 10.7. The van der Waals surface area contributed by atoms with Gasteiger partial charge in [-0.3, -0.25) is 5.43 Å². The minimum atomic E-state index is 0.0409. The molecule has 102 valence electrons. The van der Waals surface area contributed by atoms with E-state index in [-0.39, 0.29) is 12.1 Å². The summed E-state index contributed by atoms with van der Waals surface area (Å²) in [6.45, 7) is 2.51. The fourth-order valence-corrected chi connectivity index (χ4v) is 1.32. The smallest absolute Gasteiger partial charge is 0.257 e. The second kappa shape index (κ2) is 6.07. The highest BCUT2D eigenvalue weighted by Crippen LogP contribution is 2.08. The lowest BCUT2D eigenvalue weighted by Gasteiger charge is -2.11. The van der Waals surface area contributed by atoms with E-state index in [2.05, 4.69) is 30.8 Å². The quantitative estimate of drug-likeness (QED) is 0.485.